The van der Waals surface area contributed by atoms with Gasteiger partial charge in [0.15, 0.2) is 0 Å². The van der Waals surface area contributed by atoms with Crippen molar-refractivity contribution in [2.24, 2.45) is 0 Å². The van der Waals surface area contributed by atoms with Crippen LogP contribution in [0.25, 0.3) is 11.4 Å². The molecular formula is C20H24N2NiO4. The average molecular weight is 415 g/mol. The summed E-state index contributed by atoms with van der Waals surface area (Å²) in [6, 6.07) is 11.6. The van der Waals surface area contributed by atoms with Crippen molar-refractivity contribution in [2.45, 2.75) is 40.5 Å². The van der Waals surface area contributed by atoms with Gasteiger partial charge in [0.25, 0.3) is 0 Å². The Hall–Kier alpha value is -2.53. The number of nitrogens with zero attached hydrogens (tertiary/aromatic N) is 2. The first kappa shape index (κ1) is 26.7. The number of hydrogen-bond acceptors (Lipinski definition) is 6. The normalized spacial score (nSPS) is 8.59. The van der Waals surface area contributed by atoms with Crippen LogP contribution in [0.2, 0.25) is 0 Å². The van der Waals surface area contributed by atoms with Gasteiger partial charge >= 0.3 is 0 Å². The van der Waals surface area contributed by atoms with Gasteiger partial charge in [-0.1, -0.05) is 12.1 Å². The number of carbonyl (C=O) groups excluding carboxylic acids is 4. The van der Waals surface area contributed by atoms with E-state index in [9.17, 15) is 19.2 Å². The Bertz CT molecular complexity index is 632. The third-order valence-corrected chi connectivity index (χ3v) is 2.59. The van der Waals surface area contributed by atoms with E-state index in [0.29, 0.717) is 0 Å². The van der Waals surface area contributed by atoms with Gasteiger partial charge in [-0.15, -0.1) is 0 Å². The summed E-state index contributed by atoms with van der Waals surface area (Å²) in [4.78, 5) is 48.5. The van der Waals surface area contributed by atoms with Gasteiger partial charge in [0.1, 0.15) is 23.1 Å². The van der Waals surface area contributed by atoms with Crippen molar-refractivity contribution in [1.29, 1.82) is 0 Å². The fourth-order valence-electron chi connectivity index (χ4n) is 1.73. The molecule has 0 fully saturated rings. The van der Waals surface area contributed by atoms with Crippen molar-refractivity contribution in [1.82, 2.24) is 9.97 Å². The molecule has 0 aromatic carbocycles. The standard InChI is InChI=1S/C10H8N2.2C5H8O2.Ni/c1-3-7-11-9(5-1)10-6-2-4-8-12-10;2*1-4(6)3-5(2)7;/h1-8H;2*3H2,1-2H3;. The van der Waals surface area contributed by atoms with Gasteiger partial charge < -0.3 is 0 Å². The zero-order chi connectivity index (χ0) is 19.9. The molecule has 0 aliphatic heterocycles. The van der Waals surface area contributed by atoms with Crippen molar-refractivity contribution in [3.63, 3.8) is 0 Å². The van der Waals surface area contributed by atoms with Gasteiger partial charge in [0.2, 0.25) is 0 Å². The van der Waals surface area contributed by atoms with Crippen molar-refractivity contribution in [3.8, 4) is 11.4 Å². The molecule has 0 N–H and O–H groups in total. The molecule has 0 aliphatic carbocycles. The van der Waals surface area contributed by atoms with Crippen LogP contribution >= 0.6 is 0 Å². The fraction of sp³-hybridized carbons (Fsp3) is 0.300. The van der Waals surface area contributed by atoms with Gasteiger partial charge in [-0.05, 0) is 52.0 Å². The van der Waals surface area contributed by atoms with Crippen LogP contribution in [-0.2, 0) is 35.7 Å². The van der Waals surface area contributed by atoms with Crippen LogP contribution in [0.15, 0.2) is 48.8 Å². The predicted molar refractivity (Wildman–Crippen MR) is 99.4 cm³/mol. The van der Waals surface area contributed by atoms with Crippen LogP contribution in [0.4, 0.5) is 0 Å². The van der Waals surface area contributed by atoms with Gasteiger partial charge in [-0.3, -0.25) is 29.1 Å². The van der Waals surface area contributed by atoms with Gasteiger partial charge in [0, 0.05) is 28.9 Å². The van der Waals surface area contributed by atoms with Crippen molar-refractivity contribution < 1.29 is 35.7 Å². The van der Waals surface area contributed by atoms with Crippen molar-refractivity contribution in [3.05, 3.63) is 48.8 Å². The maximum atomic E-state index is 10.0. The average Bonchev–Trinajstić information content (AvgIpc) is 2.55. The number of ketones is 4. The maximum absolute atomic E-state index is 10.0. The van der Waals surface area contributed by atoms with Crippen molar-refractivity contribution >= 4 is 23.1 Å². The van der Waals surface area contributed by atoms with Crippen molar-refractivity contribution in [2.75, 3.05) is 0 Å². The molecule has 0 radical (unpaired) electrons. The molecule has 0 unspecified atom stereocenters. The second kappa shape index (κ2) is 15.7. The molecule has 0 bridgehead atoms. The third kappa shape index (κ3) is 16.7. The van der Waals surface area contributed by atoms with Crippen LogP contribution in [0.3, 0.4) is 0 Å². The predicted octanol–water partition coefficient (Wildman–Crippen LogP) is 3.25. The Morgan fingerprint density at radius 2 is 0.926 bits per heavy atom. The van der Waals surface area contributed by atoms with Gasteiger partial charge in [-0.2, -0.15) is 0 Å². The number of aromatic nitrogens is 2. The first-order valence-electron chi connectivity index (χ1n) is 8.02. The summed E-state index contributed by atoms with van der Waals surface area (Å²) in [6.45, 7) is 5.62. The van der Waals surface area contributed by atoms with E-state index >= 15 is 0 Å². The zero-order valence-corrected chi connectivity index (χ0v) is 16.9. The van der Waals surface area contributed by atoms with Crippen LogP contribution in [0.1, 0.15) is 40.5 Å². The van der Waals surface area contributed by atoms with E-state index in [0.717, 1.165) is 11.4 Å². The third-order valence-electron chi connectivity index (χ3n) is 2.59. The second-order valence-corrected chi connectivity index (χ2v) is 5.59. The molecule has 0 spiro atoms. The summed E-state index contributed by atoms with van der Waals surface area (Å²) in [6.07, 6.45) is 3.70. The van der Waals surface area contributed by atoms with E-state index < -0.39 is 0 Å². The summed E-state index contributed by atoms with van der Waals surface area (Å²) >= 11 is 0. The molecule has 27 heavy (non-hydrogen) atoms. The molecular weight excluding hydrogens is 391 g/mol. The van der Waals surface area contributed by atoms with E-state index in [-0.39, 0.29) is 52.5 Å². The quantitative estimate of drug-likeness (QED) is 0.550. The van der Waals surface area contributed by atoms with E-state index in [1.54, 1.807) is 12.4 Å². The maximum Gasteiger partial charge on any atom is 0.137 e. The molecule has 0 aliphatic rings. The largest absolute Gasteiger partial charge is 0.300 e. The first-order valence-corrected chi connectivity index (χ1v) is 8.02. The van der Waals surface area contributed by atoms with Crippen LogP contribution in [0, 0.1) is 0 Å². The molecule has 2 aromatic heterocycles. The minimum atomic E-state index is -0.0625. The molecule has 148 valence electrons. The Morgan fingerprint density at radius 1 is 0.630 bits per heavy atom. The molecule has 2 heterocycles. The second-order valence-electron chi connectivity index (χ2n) is 5.59. The first-order chi connectivity index (χ1) is 12.2. The Kier molecular flexibility index (Phi) is 15.5. The van der Waals surface area contributed by atoms with Crippen LogP contribution in [-0.4, -0.2) is 33.1 Å². The summed E-state index contributed by atoms with van der Waals surface area (Å²) < 4.78 is 0. The number of pyridine rings is 2. The molecule has 2 rings (SSSR count). The van der Waals surface area contributed by atoms with E-state index in [2.05, 4.69) is 9.97 Å². The molecule has 7 heteroatoms. The SMILES string of the molecule is CC(=O)CC(C)=O.CC(=O)CC(C)=O.[Ni].c1ccc(-c2ccccn2)nc1. The molecule has 0 atom stereocenters. The van der Waals surface area contributed by atoms with Gasteiger partial charge in [-0.25, -0.2) is 0 Å². The summed E-state index contributed by atoms with van der Waals surface area (Å²) in [5.74, 6) is -0.250. The minimum Gasteiger partial charge on any atom is -0.300 e. The topological polar surface area (TPSA) is 94.1 Å². The number of hydrogen-bond donors (Lipinski definition) is 0. The molecule has 0 amide bonds. The van der Waals surface area contributed by atoms with E-state index in [1.807, 2.05) is 36.4 Å². The Morgan fingerprint density at radius 3 is 1.07 bits per heavy atom. The van der Waals surface area contributed by atoms with Gasteiger partial charge in [0.05, 0.1) is 24.2 Å². The van der Waals surface area contributed by atoms with E-state index in [1.165, 1.54) is 27.7 Å². The smallest absolute Gasteiger partial charge is 0.137 e. The summed E-state index contributed by atoms with van der Waals surface area (Å²) in [5.41, 5.74) is 1.83. The number of rotatable bonds is 5. The Labute approximate surface area is 169 Å². The Balaban J connectivity index is 0. The van der Waals surface area contributed by atoms with Crippen LogP contribution < -0.4 is 0 Å². The zero-order valence-electron chi connectivity index (χ0n) is 15.9. The summed E-state index contributed by atoms with van der Waals surface area (Å²) in [7, 11) is 0. The summed E-state index contributed by atoms with van der Waals surface area (Å²) in [5, 5.41) is 0. The number of carbonyl (C=O) groups is 4. The molecule has 6 nitrogen and oxygen atoms in total. The molecule has 2 aromatic rings. The monoisotopic (exact) mass is 414 g/mol. The fourth-order valence-corrected chi connectivity index (χ4v) is 1.73. The minimum absolute atomic E-state index is 0. The molecule has 0 saturated heterocycles. The number of Topliss-reactive ketones (excluding diaryl/α,β-unsaturated/α-hetero) is 4. The molecule has 0 saturated carbocycles. The van der Waals surface area contributed by atoms with Crippen LogP contribution in [0.5, 0.6) is 0 Å². The van der Waals surface area contributed by atoms with E-state index in [4.69, 9.17) is 0 Å².